The number of hydrogen-bond donors (Lipinski definition) is 1. The Balaban J connectivity index is 2.47. The van der Waals surface area contributed by atoms with Crippen LogP contribution >= 0.6 is 0 Å². The zero-order valence-electron chi connectivity index (χ0n) is 7.38. The molecule has 1 saturated carbocycles. The number of halogens is 3. The van der Waals surface area contributed by atoms with Crippen LogP contribution < -0.4 is 0 Å². The number of carboxylic acids is 1. The standard InChI is InChI=1S/C8H11F3O3/c9-8(10,11)6(4-7(12)13)14-5-2-1-3-5/h5-6H,1-4H2,(H,12,13). The minimum Gasteiger partial charge on any atom is -0.481 e. The van der Waals surface area contributed by atoms with Crippen LogP contribution in [0.2, 0.25) is 0 Å². The summed E-state index contributed by atoms with van der Waals surface area (Å²) in [5.74, 6) is -1.49. The zero-order chi connectivity index (χ0) is 10.8. The Morgan fingerprint density at radius 2 is 2.07 bits per heavy atom. The molecule has 1 rings (SSSR count). The number of rotatable bonds is 4. The van der Waals surface area contributed by atoms with Crippen LogP contribution in [0.4, 0.5) is 13.2 Å². The van der Waals surface area contributed by atoms with Crippen molar-refractivity contribution in [3.8, 4) is 0 Å². The van der Waals surface area contributed by atoms with E-state index in [1.807, 2.05) is 0 Å². The Morgan fingerprint density at radius 1 is 1.50 bits per heavy atom. The molecule has 1 atom stereocenters. The SMILES string of the molecule is O=C(O)CC(OC1CCC1)C(F)(F)F. The lowest BCUT2D eigenvalue weighted by Gasteiger charge is -2.30. The molecular weight excluding hydrogens is 201 g/mol. The number of aliphatic carboxylic acids is 1. The summed E-state index contributed by atoms with van der Waals surface area (Å²) in [7, 11) is 0. The third-order valence-corrected chi connectivity index (χ3v) is 2.13. The van der Waals surface area contributed by atoms with Gasteiger partial charge in [-0.2, -0.15) is 13.2 Å². The molecule has 0 heterocycles. The van der Waals surface area contributed by atoms with Gasteiger partial charge in [-0.05, 0) is 19.3 Å². The number of carbonyl (C=O) groups is 1. The van der Waals surface area contributed by atoms with Crippen LogP contribution in [-0.2, 0) is 9.53 Å². The van der Waals surface area contributed by atoms with Crippen LogP contribution in [0.1, 0.15) is 25.7 Å². The molecule has 1 unspecified atom stereocenters. The van der Waals surface area contributed by atoms with Crippen LogP contribution in [0.5, 0.6) is 0 Å². The van der Waals surface area contributed by atoms with Crippen molar-refractivity contribution in [3.63, 3.8) is 0 Å². The van der Waals surface area contributed by atoms with E-state index in [0.717, 1.165) is 6.42 Å². The van der Waals surface area contributed by atoms with Gasteiger partial charge in [0.05, 0.1) is 12.5 Å². The second kappa shape index (κ2) is 4.16. The third kappa shape index (κ3) is 3.17. The first-order valence-corrected chi connectivity index (χ1v) is 4.33. The molecule has 3 nitrogen and oxygen atoms in total. The van der Waals surface area contributed by atoms with E-state index in [9.17, 15) is 18.0 Å². The molecule has 0 aliphatic heterocycles. The Kier molecular flexibility index (Phi) is 3.36. The van der Waals surface area contributed by atoms with Crippen molar-refractivity contribution in [2.45, 2.75) is 44.1 Å². The monoisotopic (exact) mass is 212 g/mol. The van der Waals surface area contributed by atoms with Crippen LogP contribution in [0.15, 0.2) is 0 Å². The highest BCUT2D eigenvalue weighted by molar-refractivity contribution is 5.67. The van der Waals surface area contributed by atoms with Crippen LogP contribution in [0, 0.1) is 0 Å². The molecule has 1 aliphatic rings. The normalized spacial score (nSPS) is 20.2. The fraction of sp³-hybridized carbons (Fsp3) is 0.875. The molecule has 0 aromatic heterocycles. The minimum atomic E-state index is -4.59. The van der Waals surface area contributed by atoms with Gasteiger partial charge < -0.3 is 9.84 Å². The van der Waals surface area contributed by atoms with E-state index in [1.54, 1.807) is 0 Å². The Labute approximate surface area is 78.9 Å². The van der Waals surface area contributed by atoms with Gasteiger partial charge in [0.2, 0.25) is 0 Å². The summed E-state index contributed by atoms with van der Waals surface area (Å²) in [6.07, 6.45) is -6.15. The number of ether oxygens (including phenoxy) is 1. The highest BCUT2D eigenvalue weighted by Crippen LogP contribution is 2.31. The molecule has 0 aromatic carbocycles. The van der Waals surface area contributed by atoms with Gasteiger partial charge in [-0.1, -0.05) is 0 Å². The van der Waals surface area contributed by atoms with Crippen molar-refractivity contribution in [2.24, 2.45) is 0 Å². The lowest BCUT2D eigenvalue weighted by atomic mass is 9.96. The molecule has 1 aliphatic carbocycles. The van der Waals surface area contributed by atoms with Crippen molar-refractivity contribution in [2.75, 3.05) is 0 Å². The summed E-state index contributed by atoms with van der Waals surface area (Å²) in [4.78, 5) is 10.2. The number of carboxylic acid groups (broad SMARTS) is 1. The van der Waals surface area contributed by atoms with E-state index in [2.05, 4.69) is 4.74 Å². The average molecular weight is 212 g/mol. The first kappa shape index (κ1) is 11.3. The molecule has 1 N–H and O–H groups in total. The molecule has 6 heteroatoms. The molecule has 0 amide bonds. The molecule has 0 bridgehead atoms. The van der Waals surface area contributed by atoms with E-state index >= 15 is 0 Å². The average Bonchev–Trinajstić information content (AvgIpc) is 1.90. The second-order valence-corrected chi connectivity index (χ2v) is 3.32. The molecular formula is C8H11F3O3. The Hall–Kier alpha value is -0.780. The van der Waals surface area contributed by atoms with Crippen LogP contribution in [0.25, 0.3) is 0 Å². The second-order valence-electron chi connectivity index (χ2n) is 3.32. The van der Waals surface area contributed by atoms with E-state index in [4.69, 9.17) is 5.11 Å². The van der Waals surface area contributed by atoms with Gasteiger partial charge in [0.25, 0.3) is 0 Å². The first-order valence-electron chi connectivity index (χ1n) is 4.33. The van der Waals surface area contributed by atoms with Crippen molar-refractivity contribution >= 4 is 5.97 Å². The highest BCUT2D eigenvalue weighted by Gasteiger charge is 2.44. The lowest BCUT2D eigenvalue weighted by molar-refractivity contribution is -0.242. The molecule has 0 spiro atoms. The molecule has 0 radical (unpaired) electrons. The van der Waals surface area contributed by atoms with Crippen molar-refractivity contribution < 1.29 is 27.8 Å². The van der Waals surface area contributed by atoms with E-state index in [-0.39, 0.29) is 0 Å². The third-order valence-electron chi connectivity index (χ3n) is 2.13. The summed E-state index contributed by atoms with van der Waals surface area (Å²) < 4.78 is 41.3. The van der Waals surface area contributed by atoms with Crippen LogP contribution in [-0.4, -0.2) is 29.5 Å². The van der Waals surface area contributed by atoms with Gasteiger partial charge in [0.1, 0.15) is 0 Å². The van der Waals surface area contributed by atoms with Gasteiger partial charge in [-0.15, -0.1) is 0 Å². The maximum absolute atomic E-state index is 12.2. The summed E-state index contributed by atoms with van der Waals surface area (Å²) in [6, 6.07) is 0. The van der Waals surface area contributed by atoms with Gasteiger partial charge in [0.15, 0.2) is 6.10 Å². The van der Waals surface area contributed by atoms with Gasteiger partial charge in [-0.3, -0.25) is 4.79 Å². The molecule has 82 valence electrons. The predicted octanol–water partition coefficient (Wildman–Crippen LogP) is 1.96. The van der Waals surface area contributed by atoms with Crippen molar-refractivity contribution in [1.29, 1.82) is 0 Å². The fourth-order valence-electron chi connectivity index (χ4n) is 1.14. The van der Waals surface area contributed by atoms with Gasteiger partial charge in [0, 0.05) is 0 Å². The summed E-state index contributed by atoms with van der Waals surface area (Å²) in [5.41, 5.74) is 0. The number of alkyl halides is 3. The highest BCUT2D eigenvalue weighted by atomic mass is 19.4. The maximum Gasteiger partial charge on any atom is 0.415 e. The molecule has 0 saturated heterocycles. The van der Waals surface area contributed by atoms with E-state index in [1.165, 1.54) is 0 Å². The Bertz CT molecular complexity index is 210. The smallest absolute Gasteiger partial charge is 0.415 e. The van der Waals surface area contributed by atoms with Gasteiger partial charge >= 0.3 is 12.1 Å². The lowest BCUT2D eigenvalue weighted by Crippen LogP contribution is -2.39. The van der Waals surface area contributed by atoms with E-state index in [0.29, 0.717) is 12.8 Å². The van der Waals surface area contributed by atoms with Crippen molar-refractivity contribution in [1.82, 2.24) is 0 Å². The maximum atomic E-state index is 12.2. The zero-order valence-corrected chi connectivity index (χ0v) is 7.38. The summed E-state index contributed by atoms with van der Waals surface area (Å²) >= 11 is 0. The minimum absolute atomic E-state index is 0.416. The molecule has 14 heavy (non-hydrogen) atoms. The molecule has 0 aromatic rings. The summed E-state index contributed by atoms with van der Waals surface area (Å²) in [5, 5.41) is 8.27. The topological polar surface area (TPSA) is 46.5 Å². The largest absolute Gasteiger partial charge is 0.481 e. The Morgan fingerprint density at radius 3 is 2.36 bits per heavy atom. The number of hydrogen-bond acceptors (Lipinski definition) is 2. The quantitative estimate of drug-likeness (QED) is 0.774. The van der Waals surface area contributed by atoms with Crippen molar-refractivity contribution in [3.05, 3.63) is 0 Å². The predicted molar refractivity (Wildman–Crippen MR) is 40.8 cm³/mol. The first-order chi connectivity index (χ1) is 6.39. The summed E-state index contributed by atoms with van der Waals surface area (Å²) in [6.45, 7) is 0. The fourth-order valence-corrected chi connectivity index (χ4v) is 1.14. The van der Waals surface area contributed by atoms with Gasteiger partial charge in [-0.25, -0.2) is 0 Å². The molecule has 1 fully saturated rings. The van der Waals surface area contributed by atoms with Crippen LogP contribution in [0.3, 0.4) is 0 Å². The van der Waals surface area contributed by atoms with E-state index < -0.39 is 30.8 Å².